The standard InChI is InChI=1S/C12H15/c1-2-6-11(7-3-1)10-12-8-4-5-9-12/h1-2,6-7,12H,4-5,8-10H2. The third kappa shape index (κ3) is 1.88. The summed E-state index contributed by atoms with van der Waals surface area (Å²) in [7, 11) is 0. The first-order valence-electron chi connectivity index (χ1n) is 4.90. The van der Waals surface area contributed by atoms with Crippen molar-refractivity contribution in [1.29, 1.82) is 0 Å². The molecule has 0 atom stereocenters. The largest absolute Gasteiger partial charge is 0.0614 e. The van der Waals surface area contributed by atoms with Crippen molar-refractivity contribution in [3.8, 4) is 0 Å². The molecular formula is C12H15. The Labute approximate surface area is 74.6 Å². The van der Waals surface area contributed by atoms with Crippen molar-refractivity contribution in [2.24, 2.45) is 5.92 Å². The van der Waals surface area contributed by atoms with Crippen molar-refractivity contribution in [1.82, 2.24) is 0 Å². The van der Waals surface area contributed by atoms with E-state index in [1.165, 1.54) is 37.7 Å². The van der Waals surface area contributed by atoms with Gasteiger partial charge in [0.15, 0.2) is 0 Å². The van der Waals surface area contributed by atoms with Crippen LogP contribution < -0.4 is 0 Å². The van der Waals surface area contributed by atoms with Gasteiger partial charge in [-0.25, -0.2) is 0 Å². The van der Waals surface area contributed by atoms with Crippen molar-refractivity contribution < 1.29 is 0 Å². The zero-order valence-electron chi connectivity index (χ0n) is 7.42. The molecule has 1 aromatic rings. The van der Waals surface area contributed by atoms with E-state index in [0.717, 1.165) is 5.92 Å². The molecule has 0 heteroatoms. The van der Waals surface area contributed by atoms with Crippen LogP contribution in [0.3, 0.4) is 0 Å². The first-order chi connectivity index (χ1) is 5.95. The van der Waals surface area contributed by atoms with E-state index < -0.39 is 0 Å². The molecule has 0 unspecified atom stereocenters. The lowest BCUT2D eigenvalue weighted by Gasteiger charge is -2.07. The highest BCUT2D eigenvalue weighted by Crippen LogP contribution is 2.27. The molecule has 1 radical (unpaired) electrons. The predicted molar refractivity (Wildman–Crippen MR) is 50.9 cm³/mol. The van der Waals surface area contributed by atoms with E-state index in [1.807, 2.05) is 6.07 Å². The molecule has 0 N–H and O–H groups in total. The molecule has 1 saturated carbocycles. The molecule has 1 aliphatic carbocycles. The van der Waals surface area contributed by atoms with E-state index in [9.17, 15) is 0 Å². The van der Waals surface area contributed by atoms with Crippen LogP contribution in [0.4, 0.5) is 0 Å². The van der Waals surface area contributed by atoms with Crippen LogP contribution in [-0.2, 0) is 6.42 Å². The maximum Gasteiger partial charge on any atom is -0.0181 e. The third-order valence-corrected chi connectivity index (χ3v) is 2.77. The Kier molecular flexibility index (Phi) is 2.45. The zero-order chi connectivity index (χ0) is 8.23. The minimum atomic E-state index is 0.959. The summed E-state index contributed by atoms with van der Waals surface area (Å²) < 4.78 is 0. The van der Waals surface area contributed by atoms with E-state index >= 15 is 0 Å². The van der Waals surface area contributed by atoms with Crippen molar-refractivity contribution in [3.05, 3.63) is 35.9 Å². The number of hydrogen-bond donors (Lipinski definition) is 0. The van der Waals surface area contributed by atoms with Crippen LogP contribution in [0.5, 0.6) is 0 Å². The molecular weight excluding hydrogens is 144 g/mol. The van der Waals surface area contributed by atoms with E-state index in [0.29, 0.717) is 0 Å². The highest BCUT2D eigenvalue weighted by Gasteiger charge is 2.14. The Hall–Kier alpha value is -0.780. The van der Waals surface area contributed by atoms with Gasteiger partial charge in [-0.3, -0.25) is 0 Å². The normalized spacial score (nSPS) is 18.3. The molecule has 0 heterocycles. The van der Waals surface area contributed by atoms with Gasteiger partial charge >= 0.3 is 0 Å². The second kappa shape index (κ2) is 3.75. The van der Waals surface area contributed by atoms with Crippen LogP contribution in [0.15, 0.2) is 24.3 Å². The second-order valence-electron chi connectivity index (χ2n) is 3.77. The summed E-state index contributed by atoms with van der Waals surface area (Å²) in [6, 6.07) is 11.5. The second-order valence-corrected chi connectivity index (χ2v) is 3.77. The van der Waals surface area contributed by atoms with Crippen molar-refractivity contribution in [3.63, 3.8) is 0 Å². The van der Waals surface area contributed by atoms with Gasteiger partial charge < -0.3 is 0 Å². The van der Waals surface area contributed by atoms with Gasteiger partial charge in [0.05, 0.1) is 0 Å². The molecule has 63 valence electrons. The first kappa shape index (κ1) is 7.85. The van der Waals surface area contributed by atoms with E-state index in [1.54, 1.807) is 0 Å². The fraction of sp³-hybridized carbons (Fsp3) is 0.500. The fourth-order valence-corrected chi connectivity index (χ4v) is 2.11. The van der Waals surface area contributed by atoms with Gasteiger partial charge in [-0.2, -0.15) is 0 Å². The molecule has 1 aliphatic rings. The molecule has 0 spiro atoms. The average molecular weight is 159 g/mol. The third-order valence-electron chi connectivity index (χ3n) is 2.77. The van der Waals surface area contributed by atoms with Crippen LogP contribution in [0.25, 0.3) is 0 Å². The quantitative estimate of drug-likeness (QED) is 0.621. The number of benzene rings is 1. The van der Waals surface area contributed by atoms with Gasteiger partial charge in [0, 0.05) is 0 Å². The van der Waals surface area contributed by atoms with Gasteiger partial charge in [-0.1, -0.05) is 49.9 Å². The van der Waals surface area contributed by atoms with Crippen LogP contribution in [0, 0.1) is 12.0 Å². The highest BCUT2D eigenvalue weighted by atomic mass is 14.2. The minimum absolute atomic E-state index is 0.959. The average Bonchev–Trinajstić information content (AvgIpc) is 2.59. The van der Waals surface area contributed by atoms with Gasteiger partial charge in [-0.15, -0.1) is 0 Å². The highest BCUT2D eigenvalue weighted by molar-refractivity contribution is 5.14. The summed E-state index contributed by atoms with van der Waals surface area (Å²) in [5.41, 5.74) is 1.46. The van der Waals surface area contributed by atoms with Crippen LogP contribution in [0.2, 0.25) is 0 Å². The maximum atomic E-state index is 3.13. The summed E-state index contributed by atoms with van der Waals surface area (Å²) >= 11 is 0. The number of hydrogen-bond acceptors (Lipinski definition) is 0. The Bertz CT molecular complexity index is 219. The van der Waals surface area contributed by atoms with Crippen LogP contribution in [-0.4, -0.2) is 0 Å². The first-order valence-corrected chi connectivity index (χ1v) is 4.90. The van der Waals surface area contributed by atoms with Gasteiger partial charge in [0.1, 0.15) is 0 Å². The molecule has 12 heavy (non-hydrogen) atoms. The summed E-state index contributed by atoms with van der Waals surface area (Å²) in [6.45, 7) is 0. The van der Waals surface area contributed by atoms with Crippen molar-refractivity contribution in [2.45, 2.75) is 32.1 Å². The lowest BCUT2D eigenvalue weighted by molar-refractivity contribution is 0.546. The summed E-state index contributed by atoms with van der Waals surface area (Å²) in [4.78, 5) is 0. The lowest BCUT2D eigenvalue weighted by Crippen LogP contribution is -1.97. The lowest BCUT2D eigenvalue weighted by atomic mass is 9.98. The molecule has 0 saturated heterocycles. The van der Waals surface area contributed by atoms with Gasteiger partial charge in [-0.05, 0) is 24.0 Å². The van der Waals surface area contributed by atoms with Crippen LogP contribution >= 0.6 is 0 Å². The zero-order valence-corrected chi connectivity index (χ0v) is 7.42. The minimum Gasteiger partial charge on any atom is -0.0614 e. The Morgan fingerprint density at radius 2 is 2.17 bits per heavy atom. The van der Waals surface area contributed by atoms with Crippen molar-refractivity contribution >= 4 is 0 Å². The fourth-order valence-electron chi connectivity index (χ4n) is 2.11. The Balaban J connectivity index is 1.94. The van der Waals surface area contributed by atoms with E-state index in [-0.39, 0.29) is 0 Å². The molecule has 0 aliphatic heterocycles. The molecule has 1 aromatic carbocycles. The predicted octanol–water partition coefficient (Wildman–Crippen LogP) is 3.22. The van der Waals surface area contributed by atoms with Gasteiger partial charge in [0.2, 0.25) is 0 Å². The summed E-state index contributed by atoms with van der Waals surface area (Å²) in [5, 5.41) is 0. The van der Waals surface area contributed by atoms with Crippen molar-refractivity contribution in [2.75, 3.05) is 0 Å². The molecule has 0 nitrogen and oxygen atoms in total. The maximum absolute atomic E-state index is 3.13. The molecule has 2 rings (SSSR count). The van der Waals surface area contributed by atoms with E-state index in [4.69, 9.17) is 0 Å². The topological polar surface area (TPSA) is 0 Å². The Morgan fingerprint density at radius 3 is 2.83 bits per heavy atom. The molecule has 0 bridgehead atoms. The monoisotopic (exact) mass is 159 g/mol. The molecule has 0 amide bonds. The summed E-state index contributed by atoms with van der Waals surface area (Å²) in [6.07, 6.45) is 7.05. The SMILES string of the molecule is [c]1cccc(CC2CCCC2)c1. The smallest absolute Gasteiger partial charge is 0.0181 e. The van der Waals surface area contributed by atoms with E-state index in [2.05, 4.69) is 24.3 Å². The van der Waals surface area contributed by atoms with Crippen LogP contribution in [0.1, 0.15) is 31.2 Å². The Morgan fingerprint density at radius 1 is 1.33 bits per heavy atom. The molecule has 0 aromatic heterocycles. The summed E-state index contributed by atoms with van der Waals surface area (Å²) in [5.74, 6) is 0.959. The molecule has 1 fully saturated rings. The van der Waals surface area contributed by atoms with Gasteiger partial charge in [0.25, 0.3) is 0 Å². The number of rotatable bonds is 2.